The lowest BCUT2D eigenvalue weighted by Gasteiger charge is -2.31. The van der Waals surface area contributed by atoms with Gasteiger partial charge in [-0.15, -0.1) is 12.4 Å². The third kappa shape index (κ3) is 4.13. The topological polar surface area (TPSA) is 58.6 Å². The minimum Gasteiger partial charge on any atom is -0.496 e. The molecule has 1 aromatic carbocycles. The van der Waals surface area contributed by atoms with Crippen LogP contribution in [0, 0.1) is 12.8 Å². The third-order valence-electron chi connectivity index (χ3n) is 4.07. The Morgan fingerprint density at radius 1 is 1.32 bits per heavy atom. The molecule has 126 valence electrons. The lowest BCUT2D eigenvalue weighted by Crippen LogP contribution is -2.40. The van der Waals surface area contributed by atoms with E-state index in [0.717, 1.165) is 24.9 Å². The Bertz CT molecular complexity index is 584. The molecule has 2 rings (SSSR count). The number of rotatable bonds is 5. The van der Waals surface area contributed by atoms with Gasteiger partial charge in [0.15, 0.2) is 0 Å². The van der Waals surface area contributed by atoms with Crippen LogP contribution in [-0.4, -0.2) is 46.5 Å². The second kappa shape index (κ2) is 8.15. The van der Waals surface area contributed by atoms with Crippen molar-refractivity contribution >= 4 is 22.4 Å². The van der Waals surface area contributed by atoms with Gasteiger partial charge < -0.3 is 10.1 Å². The highest BCUT2D eigenvalue weighted by Crippen LogP contribution is 2.26. The van der Waals surface area contributed by atoms with E-state index in [9.17, 15) is 8.42 Å². The van der Waals surface area contributed by atoms with Crippen molar-refractivity contribution < 1.29 is 13.2 Å². The third-order valence-corrected chi connectivity index (χ3v) is 5.97. The minimum absolute atomic E-state index is 0. The van der Waals surface area contributed by atoms with Gasteiger partial charge in [-0.25, -0.2) is 8.42 Å². The number of halogens is 1. The molecule has 1 saturated heterocycles. The lowest BCUT2D eigenvalue weighted by molar-refractivity contribution is 0.270. The largest absolute Gasteiger partial charge is 0.496 e. The number of benzene rings is 1. The standard InChI is InChI=1S/C15H24N2O3S.ClH/c1-12-10-14(4-5-15(12)20-3)21(18,19)17-8-6-13(7-9-17)11-16-2;/h4-5,10,13,16H,6-9,11H2,1-3H3;1H. The molecule has 0 aliphatic carbocycles. The van der Waals surface area contributed by atoms with E-state index in [1.807, 2.05) is 14.0 Å². The Morgan fingerprint density at radius 3 is 2.45 bits per heavy atom. The Morgan fingerprint density at radius 2 is 1.95 bits per heavy atom. The summed E-state index contributed by atoms with van der Waals surface area (Å²) in [5, 5.41) is 3.16. The van der Waals surface area contributed by atoms with E-state index < -0.39 is 10.0 Å². The molecule has 5 nitrogen and oxygen atoms in total. The zero-order valence-electron chi connectivity index (χ0n) is 13.3. The van der Waals surface area contributed by atoms with E-state index >= 15 is 0 Å². The zero-order valence-corrected chi connectivity index (χ0v) is 15.0. The average Bonchev–Trinajstić information content (AvgIpc) is 2.48. The van der Waals surface area contributed by atoms with E-state index in [0.29, 0.717) is 29.7 Å². The van der Waals surface area contributed by atoms with Crippen LogP contribution in [0.4, 0.5) is 0 Å². The van der Waals surface area contributed by atoms with Gasteiger partial charge >= 0.3 is 0 Å². The first-order chi connectivity index (χ1) is 9.98. The Balaban J connectivity index is 0.00000242. The number of methoxy groups -OCH3 is 1. The van der Waals surface area contributed by atoms with Crippen LogP contribution in [0.1, 0.15) is 18.4 Å². The highest BCUT2D eigenvalue weighted by molar-refractivity contribution is 7.89. The molecule has 1 aliphatic heterocycles. The smallest absolute Gasteiger partial charge is 0.243 e. The van der Waals surface area contributed by atoms with Crippen molar-refractivity contribution in [1.29, 1.82) is 0 Å². The molecule has 0 radical (unpaired) electrons. The summed E-state index contributed by atoms with van der Waals surface area (Å²) in [6.45, 7) is 4.01. The number of aryl methyl sites for hydroxylation is 1. The molecule has 0 atom stereocenters. The summed E-state index contributed by atoms with van der Waals surface area (Å²) in [4.78, 5) is 0.355. The van der Waals surface area contributed by atoms with Crippen molar-refractivity contribution in [2.45, 2.75) is 24.7 Å². The number of sulfonamides is 1. The second-order valence-electron chi connectivity index (χ2n) is 5.54. The number of nitrogens with one attached hydrogen (secondary N) is 1. The first-order valence-electron chi connectivity index (χ1n) is 7.28. The molecule has 1 N–H and O–H groups in total. The van der Waals surface area contributed by atoms with E-state index in [2.05, 4.69) is 5.32 Å². The van der Waals surface area contributed by atoms with Gasteiger partial charge in [-0.05, 0) is 63.0 Å². The van der Waals surface area contributed by atoms with Crippen LogP contribution < -0.4 is 10.1 Å². The zero-order chi connectivity index (χ0) is 15.5. The normalized spacial score (nSPS) is 17.0. The minimum atomic E-state index is -3.39. The second-order valence-corrected chi connectivity index (χ2v) is 7.47. The average molecular weight is 349 g/mol. The Hall–Kier alpha value is -0.820. The van der Waals surface area contributed by atoms with Crippen LogP contribution in [-0.2, 0) is 10.0 Å². The number of piperidine rings is 1. The van der Waals surface area contributed by atoms with Gasteiger partial charge in [0.25, 0.3) is 0 Å². The molecule has 22 heavy (non-hydrogen) atoms. The summed E-state index contributed by atoms with van der Waals surface area (Å²) in [6.07, 6.45) is 1.82. The summed E-state index contributed by atoms with van der Waals surface area (Å²) in [5.41, 5.74) is 0.837. The van der Waals surface area contributed by atoms with Crippen LogP contribution in [0.5, 0.6) is 5.75 Å². The molecule has 0 bridgehead atoms. The van der Waals surface area contributed by atoms with Crippen LogP contribution in [0.2, 0.25) is 0 Å². The van der Waals surface area contributed by atoms with Crippen molar-refractivity contribution in [1.82, 2.24) is 9.62 Å². The van der Waals surface area contributed by atoms with Gasteiger partial charge in [-0.2, -0.15) is 4.31 Å². The lowest BCUT2D eigenvalue weighted by atomic mass is 9.98. The summed E-state index contributed by atoms with van der Waals surface area (Å²) in [7, 11) is 0.130. The van der Waals surface area contributed by atoms with Gasteiger partial charge in [-0.3, -0.25) is 0 Å². The molecular weight excluding hydrogens is 324 g/mol. The quantitative estimate of drug-likeness (QED) is 0.884. The molecule has 7 heteroatoms. The first kappa shape index (κ1) is 19.2. The van der Waals surface area contributed by atoms with E-state index in [1.54, 1.807) is 29.6 Å². The predicted octanol–water partition coefficient (Wildman–Crippen LogP) is 2.05. The summed E-state index contributed by atoms with van der Waals surface area (Å²) >= 11 is 0. The van der Waals surface area contributed by atoms with Gasteiger partial charge in [0.05, 0.1) is 12.0 Å². The van der Waals surface area contributed by atoms with E-state index in [-0.39, 0.29) is 12.4 Å². The fraction of sp³-hybridized carbons (Fsp3) is 0.600. The van der Waals surface area contributed by atoms with Crippen LogP contribution in [0.3, 0.4) is 0 Å². The number of hydrogen-bond donors (Lipinski definition) is 1. The van der Waals surface area contributed by atoms with Crippen molar-refractivity contribution in [3.05, 3.63) is 23.8 Å². The summed E-state index contributed by atoms with van der Waals surface area (Å²) in [6, 6.07) is 5.03. The fourth-order valence-corrected chi connectivity index (χ4v) is 4.36. The summed E-state index contributed by atoms with van der Waals surface area (Å²) in [5.74, 6) is 1.28. The monoisotopic (exact) mass is 348 g/mol. The molecule has 1 fully saturated rings. The maximum Gasteiger partial charge on any atom is 0.243 e. The number of nitrogens with zero attached hydrogens (tertiary/aromatic N) is 1. The van der Waals surface area contributed by atoms with Gasteiger partial charge in [-0.1, -0.05) is 0 Å². The van der Waals surface area contributed by atoms with Crippen LogP contribution >= 0.6 is 12.4 Å². The Labute approximate surface area is 139 Å². The Kier molecular flexibility index (Phi) is 7.12. The molecule has 0 spiro atoms. The van der Waals surface area contributed by atoms with Crippen molar-refractivity contribution in [2.75, 3.05) is 33.8 Å². The molecule has 1 heterocycles. The number of ether oxygens (including phenoxy) is 1. The maximum absolute atomic E-state index is 12.7. The molecule has 0 amide bonds. The number of hydrogen-bond acceptors (Lipinski definition) is 4. The highest BCUT2D eigenvalue weighted by atomic mass is 35.5. The predicted molar refractivity (Wildman–Crippen MR) is 90.4 cm³/mol. The summed E-state index contributed by atoms with van der Waals surface area (Å²) < 4.78 is 32.1. The molecule has 1 aliphatic rings. The van der Waals surface area contributed by atoms with Crippen LogP contribution in [0.15, 0.2) is 23.1 Å². The van der Waals surface area contributed by atoms with E-state index in [4.69, 9.17) is 4.74 Å². The van der Waals surface area contributed by atoms with E-state index in [1.165, 1.54) is 0 Å². The molecule has 1 aromatic rings. The highest BCUT2D eigenvalue weighted by Gasteiger charge is 2.29. The van der Waals surface area contributed by atoms with Crippen molar-refractivity contribution in [3.8, 4) is 5.75 Å². The van der Waals surface area contributed by atoms with Crippen molar-refractivity contribution in [3.63, 3.8) is 0 Å². The maximum atomic E-state index is 12.7. The van der Waals surface area contributed by atoms with Crippen molar-refractivity contribution in [2.24, 2.45) is 5.92 Å². The van der Waals surface area contributed by atoms with Gasteiger partial charge in [0.2, 0.25) is 10.0 Å². The van der Waals surface area contributed by atoms with Crippen LogP contribution in [0.25, 0.3) is 0 Å². The molecule has 0 aromatic heterocycles. The molecule has 0 saturated carbocycles. The molecule has 0 unspecified atom stereocenters. The SMILES string of the molecule is CNCC1CCN(S(=O)(=O)c2ccc(OC)c(C)c2)CC1.Cl. The fourth-order valence-electron chi connectivity index (χ4n) is 2.80. The first-order valence-corrected chi connectivity index (χ1v) is 8.72. The van der Waals surface area contributed by atoms with Gasteiger partial charge in [0.1, 0.15) is 5.75 Å². The van der Waals surface area contributed by atoms with Gasteiger partial charge in [0, 0.05) is 13.1 Å². The molecular formula is C15H25ClN2O3S.